The summed E-state index contributed by atoms with van der Waals surface area (Å²) in [6, 6.07) is 9.81. The molecule has 1 unspecified atom stereocenters. The van der Waals surface area contributed by atoms with Gasteiger partial charge in [0, 0.05) is 0 Å². The largest absolute Gasteiger partial charge is 0.444 e. The van der Waals surface area contributed by atoms with Crippen molar-refractivity contribution in [2.75, 3.05) is 13.1 Å². The van der Waals surface area contributed by atoms with Gasteiger partial charge < -0.3 is 9.47 Å². The van der Waals surface area contributed by atoms with Crippen molar-refractivity contribution >= 4 is 6.09 Å². The Morgan fingerprint density at radius 3 is 2.57 bits per heavy atom. The lowest BCUT2D eigenvalue weighted by Crippen LogP contribution is -2.41. The second-order valence-corrected chi connectivity index (χ2v) is 6.14. The molecule has 0 aliphatic rings. The van der Waals surface area contributed by atoms with Crippen LogP contribution < -0.4 is 0 Å². The van der Waals surface area contributed by atoms with Crippen molar-refractivity contribution in [3.8, 4) is 12.3 Å². The molecule has 0 aliphatic carbocycles. The van der Waals surface area contributed by atoms with Crippen molar-refractivity contribution in [2.24, 2.45) is 0 Å². The number of amides is 1. The summed E-state index contributed by atoms with van der Waals surface area (Å²) in [5.74, 6) is 2.47. The first kappa shape index (κ1) is 18.8. The van der Waals surface area contributed by atoms with Gasteiger partial charge in [-0.1, -0.05) is 42.3 Å². The van der Waals surface area contributed by atoms with E-state index < -0.39 is 11.7 Å². The summed E-state index contributed by atoms with van der Waals surface area (Å²) in [5, 5.41) is 0. The Hall–Kier alpha value is -2.25. The van der Waals surface area contributed by atoms with Crippen molar-refractivity contribution in [1.82, 2.24) is 4.90 Å². The van der Waals surface area contributed by atoms with E-state index in [-0.39, 0.29) is 12.6 Å². The first-order valence-corrected chi connectivity index (χ1v) is 7.55. The summed E-state index contributed by atoms with van der Waals surface area (Å²) in [6.07, 6.45) is 6.23. The summed E-state index contributed by atoms with van der Waals surface area (Å²) in [4.78, 5) is 13.6. The fourth-order valence-corrected chi connectivity index (χ4v) is 1.83. The van der Waals surface area contributed by atoms with Gasteiger partial charge in [0.25, 0.3) is 0 Å². The Morgan fingerprint density at radius 2 is 2.04 bits per heavy atom. The summed E-state index contributed by atoms with van der Waals surface area (Å²) >= 11 is 0. The van der Waals surface area contributed by atoms with Gasteiger partial charge in [0.1, 0.15) is 5.60 Å². The highest BCUT2D eigenvalue weighted by Gasteiger charge is 2.23. The number of ether oxygens (including phenoxy) is 2. The standard InChI is InChI=1S/C19H25NO3/c1-6-13-20(18(21)23-19(3,4)5)14-17(7-2)22-15-16-11-9-8-10-12-16/h1,7-12,17H,2,13-15H2,3-5H3. The molecular formula is C19H25NO3. The average molecular weight is 315 g/mol. The Bertz CT molecular complexity index is 540. The van der Waals surface area contributed by atoms with Crippen LogP contribution in [-0.2, 0) is 16.1 Å². The molecular weight excluding hydrogens is 290 g/mol. The molecule has 0 aromatic heterocycles. The fraction of sp³-hybridized carbons (Fsp3) is 0.421. The number of hydrogen-bond acceptors (Lipinski definition) is 3. The van der Waals surface area contributed by atoms with Crippen molar-refractivity contribution in [2.45, 2.75) is 39.1 Å². The zero-order chi connectivity index (χ0) is 17.3. The Morgan fingerprint density at radius 1 is 1.39 bits per heavy atom. The van der Waals surface area contributed by atoms with Crippen molar-refractivity contribution < 1.29 is 14.3 Å². The summed E-state index contributed by atoms with van der Waals surface area (Å²) in [5.41, 5.74) is 0.485. The SMILES string of the molecule is C#CCN(CC(C=C)OCc1ccccc1)C(=O)OC(C)(C)C. The molecule has 1 amide bonds. The molecule has 4 nitrogen and oxygen atoms in total. The van der Waals surface area contributed by atoms with E-state index in [0.717, 1.165) is 5.56 Å². The highest BCUT2D eigenvalue weighted by atomic mass is 16.6. The quantitative estimate of drug-likeness (QED) is 0.570. The fourth-order valence-electron chi connectivity index (χ4n) is 1.83. The second-order valence-electron chi connectivity index (χ2n) is 6.14. The van der Waals surface area contributed by atoms with Crippen molar-refractivity contribution in [1.29, 1.82) is 0 Å². The van der Waals surface area contributed by atoms with E-state index in [1.807, 2.05) is 51.1 Å². The van der Waals surface area contributed by atoms with Crippen LogP contribution in [0.25, 0.3) is 0 Å². The molecule has 4 heteroatoms. The van der Waals surface area contributed by atoms with Crippen LogP contribution in [0.4, 0.5) is 4.79 Å². The average Bonchev–Trinajstić information content (AvgIpc) is 2.49. The molecule has 23 heavy (non-hydrogen) atoms. The van der Waals surface area contributed by atoms with E-state index in [1.165, 1.54) is 4.90 Å². The van der Waals surface area contributed by atoms with Crippen molar-refractivity contribution in [3.63, 3.8) is 0 Å². The molecule has 0 aliphatic heterocycles. The maximum atomic E-state index is 12.2. The predicted octanol–water partition coefficient (Wildman–Crippen LogP) is 3.63. The predicted molar refractivity (Wildman–Crippen MR) is 91.9 cm³/mol. The molecule has 0 radical (unpaired) electrons. The monoisotopic (exact) mass is 315 g/mol. The highest BCUT2D eigenvalue weighted by Crippen LogP contribution is 2.12. The van der Waals surface area contributed by atoms with Gasteiger partial charge in [-0.15, -0.1) is 13.0 Å². The maximum absolute atomic E-state index is 12.2. The van der Waals surface area contributed by atoms with E-state index in [1.54, 1.807) is 6.08 Å². The molecule has 1 atom stereocenters. The van der Waals surface area contributed by atoms with E-state index >= 15 is 0 Å². The second kappa shape index (κ2) is 9.02. The molecule has 1 aromatic rings. The van der Waals surface area contributed by atoms with Crippen LogP contribution >= 0.6 is 0 Å². The number of benzene rings is 1. The number of rotatable bonds is 7. The minimum absolute atomic E-state index is 0.161. The summed E-state index contributed by atoms with van der Waals surface area (Å²) in [7, 11) is 0. The summed E-state index contributed by atoms with van der Waals surface area (Å²) < 4.78 is 11.2. The van der Waals surface area contributed by atoms with Gasteiger partial charge in [-0.3, -0.25) is 4.90 Å². The minimum Gasteiger partial charge on any atom is -0.444 e. The minimum atomic E-state index is -0.571. The number of terminal acetylenes is 1. The number of hydrogen-bond donors (Lipinski definition) is 0. The Kier molecular flexibility index (Phi) is 7.37. The number of carbonyl (C=O) groups is 1. The zero-order valence-corrected chi connectivity index (χ0v) is 14.1. The number of carbonyl (C=O) groups excluding carboxylic acids is 1. The van der Waals surface area contributed by atoms with E-state index in [9.17, 15) is 4.79 Å². The van der Waals surface area contributed by atoms with E-state index in [2.05, 4.69) is 12.5 Å². The maximum Gasteiger partial charge on any atom is 0.411 e. The third kappa shape index (κ3) is 7.53. The van der Waals surface area contributed by atoms with Gasteiger partial charge in [0.15, 0.2) is 0 Å². The summed E-state index contributed by atoms with van der Waals surface area (Å²) in [6.45, 7) is 10.1. The van der Waals surface area contributed by atoms with Gasteiger partial charge in [0.2, 0.25) is 0 Å². The lowest BCUT2D eigenvalue weighted by molar-refractivity contribution is 0.00822. The highest BCUT2D eigenvalue weighted by molar-refractivity contribution is 5.68. The van der Waals surface area contributed by atoms with Crippen molar-refractivity contribution in [3.05, 3.63) is 48.6 Å². The van der Waals surface area contributed by atoms with Crippen LogP contribution in [-0.4, -0.2) is 35.8 Å². The molecule has 0 fully saturated rings. The lowest BCUT2D eigenvalue weighted by Gasteiger charge is -2.28. The molecule has 1 aromatic carbocycles. The zero-order valence-electron chi connectivity index (χ0n) is 14.1. The topological polar surface area (TPSA) is 38.8 Å². The van der Waals surface area contributed by atoms with Crippen LogP contribution in [0.3, 0.4) is 0 Å². The molecule has 0 saturated heterocycles. The molecule has 0 heterocycles. The lowest BCUT2D eigenvalue weighted by atomic mass is 10.2. The van der Waals surface area contributed by atoms with Gasteiger partial charge >= 0.3 is 6.09 Å². The van der Waals surface area contributed by atoms with Crippen LogP contribution in [0.1, 0.15) is 26.3 Å². The third-order valence-electron chi connectivity index (χ3n) is 2.90. The van der Waals surface area contributed by atoms with Crippen LogP contribution in [0.2, 0.25) is 0 Å². The van der Waals surface area contributed by atoms with Gasteiger partial charge in [-0.2, -0.15) is 0 Å². The smallest absolute Gasteiger partial charge is 0.411 e. The van der Waals surface area contributed by atoms with Crippen LogP contribution in [0.5, 0.6) is 0 Å². The van der Waals surface area contributed by atoms with E-state index in [4.69, 9.17) is 15.9 Å². The molecule has 0 saturated carbocycles. The third-order valence-corrected chi connectivity index (χ3v) is 2.90. The normalized spacial score (nSPS) is 12.1. The Labute approximate surface area is 139 Å². The van der Waals surface area contributed by atoms with Crippen LogP contribution in [0.15, 0.2) is 43.0 Å². The van der Waals surface area contributed by atoms with Gasteiger partial charge in [-0.05, 0) is 26.3 Å². The van der Waals surface area contributed by atoms with Crippen LogP contribution in [0, 0.1) is 12.3 Å². The van der Waals surface area contributed by atoms with Gasteiger partial charge in [-0.25, -0.2) is 4.79 Å². The molecule has 0 N–H and O–H groups in total. The first-order valence-electron chi connectivity index (χ1n) is 7.55. The molecule has 1 rings (SSSR count). The van der Waals surface area contributed by atoms with Gasteiger partial charge in [0.05, 0.1) is 25.8 Å². The Balaban J connectivity index is 2.63. The molecule has 0 bridgehead atoms. The van der Waals surface area contributed by atoms with E-state index in [0.29, 0.717) is 13.2 Å². The molecule has 124 valence electrons. The number of nitrogens with zero attached hydrogens (tertiary/aromatic N) is 1. The first-order chi connectivity index (χ1) is 10.9. The molecule has 0 spiro atoms.